The van der Waals surface area contributed by atoms with E-state index in [-0.39, 0.29) is 30.4 Å². The molecule has 2 atom stereocenters. The van der Waals surface area contributed by atoms with Gasteiger partial charge in [0.05, 0.1) is 11.7 Å². The Kier molecular flexibility index (Phi) is 6.04. The fourth-order valence-corrected chi connectivity index (χ4v) is 4.84. The van der Waals surface area contributed by atoms with Crippen LogP contribution in [-0.4, -0.2) is 60.5 Å². The zero-order chi connectivity index (χ0) is 21.3. The van der Waals surface area contributed by atoms with Gasteiger partial charge in [0.25, 0.3) is 0 Å². The van der Waals surface area contributed by atoms with Crippen molar-refractivity contribution in [1.82, 2.24) is 9.80 Å². The highest BCUT2D eigenvalue weighted by Gasteiger charge is 2.38. The topological polar surface area (TPSA) is 49.9 Å². The second-order valence-electron chi connectivity index (χ2n) is 8.70. The van der Waals surface area contributed by atoms with Crippen molar-refractivity contribution in [2.75, 3.05) is 32.8 Å². The minimum atomic E-state index is -4.31. The molecule has 3 heterocycles. The van der Waals surface area contributed by atoms with E-state index in [1.807, 2.05) is 9.80 Å². The number of carbonyl (C=O) groups excluding carboxylic acids is 2. The van der Waals surface area contributed by atoms with Crippen molar-refractivity contribution < 1.29 is 27.5 Å². The average molecular weight is 424 g/mol. The maximum absolute atomic E-state index is 12.9. The third-order valence-corrected chi connectivity index (χ3v) is 6.57. The van der Waals surface area contributed by atoms with E-state index in [4.69, 9.17) is 4.74 Å². The van der Waals surface area contributed by atoms with E-state index in [2.05, 4.69) is 0 Å². The Hall–Kier alpha value is -2.09. The number of ether oxygens (including phenoxy) is 1. The van der Waals surface area contributed by atoms with Gasteiger partial charge in [-0.2, -0.15) is 13.2 Å². The quantitative estimate of drug-likeness (QED) is 0.727. The van der Waals surface area contributed by atoms with E-state index in [9.17, 15) is 22.8 Å². The Morgan fingerprint density at radius 3 is 2.37 bits per heavy atom. The van der Waals surface area contributed by atoms with Gasteiger partial charge in [0.1, 0.15) is 6.61 Å². The highest BCUT2D eigenvalue weighted by molar-refractivity contribution is 5.81. The van der Waals surface area contributed by atoms with Gasteiger partial charge in [-0.1, -0.05) is 12.1 Å². The number of benzene rings is 1. The highest BCUT2D eigenvalue weighted by atomic mass is 19.4. The zero-order valence-electron chi connectivity index (χ0n) is 16.9. The van der Waals surface area contributed by atoms with E-state index in [0.717, 1.165) is 43.4 Å². The van der Waals surface area contributed by atoms with Gasteiger partial charge in [0.2, 0.25) is 0 Å². The van der Waals surface area contributed by atoms with E-state index in [1.54, 1.807) is 12.1 Å². The number of urea groups is 1. The van der Waals surface area contributed by atoms with Crippen LogP contribution in [0.3, 0.4) is 0 Å². The molecule has 0 aromatic heterocycles. The number of Topliss-reactive ketones (excluding diaryl/α,β-unsaturated/α-hetero) is 1. The van der Waals surface area contributed by atoms with Crippen molar-refractivity contribution in [3.05, 3.63) is 35.4 Å². The molecule has 4 rings (SSSR count). The lowest BCUT2D eigenvalue weighted by molar-refractivity contribution is -0.140. The maximum Gasteiger partial charge on any atom is 0.416 e. The number of rotatable bonds is 2. The van der Waals surface area contributed by atoms with Crippen molar-refractivity contribution in [1.29, 1.82) is 0 Å². The molecule has 0 aliphatic carbocycles. The SMILES string of the molecule is O=C1CO[C@@H]2CCN(C(=O)N3CCC(Cc4ccc(C(F)(F)F)cc4)CC3)C[C@@H]2C1. The van der Waals surface area contributed by atoms with Crippen molar-refractivity contribution in [3.63, 3.8) is 0 Å². The number of hydrogen-bond donors (Lipinski definition) is 0. The van der Waals surface area contributed by atoms with Gasteiger partial charge in [-0.25, -0.2) is 4.79 Å². The molecule has 8 heteroatoms. The standard InChI is InChI=1S/C22H27F3N2O3/c23-22(24,25)18-3-1-15(2-4-18)11-16-5-8-26(9-6-16)21(29)27-10-7-20-17(13-27)12-19(28)14-30-20/h1-4,16-17,20H,5-14H2/t17-,20+/m0/s1. The average Bonchev–Trinajstić information content (AvgIpc) is 2.73. The Labute approximate surface area is 174 Å². The lowest BCUT2D eigenvalue weighted by Gasteiger charge is -2.43. The molecule has 5 nitrogen and oxygen atoms in total. The van der Waals surface area contributed by atoms with Crippen LogP contribution in [0, 0.1) is 11.8 Å². The number of hydrogen-bond acceptors (Lipinski definition) is 3. The van der Waals surface area contributed by atoms with Crippen LogP contribution < -0.4 is 0 Å². The van der Waals surface area contributed by atoms with Crippen LogP contribution in [0.15, 0.2) is 24.3 Å². The summed E-state index contributed by atoms with van der Waals surface area (Å²) in [4.78, 5) is 28.3. The first-order chi connectivity index (χ1) is 14.3. The number of ketones is 1. The zero-order valence-corrected chi connectivity index (χ0v) is 16.9. The maximum atomic E-state index is 12.9. The smallest absolute Gasteiger partial charge is 0.370 e. The van der Waals surface area contributed by atoms with Gasteiger partial charge in [-0.3, -0.25) is 4.79 Å². The van der Waals surface area contributed by atoms with Crippen LogP contribution in [0.5, 0.6) is 0 Å². The number of alkyl halides is 3. The number of amides is 2. The Morgan fingerprint density at radius 1 is 1.03 bits per heavy atom. The molecule has 30 heavy (non-hydrogen) atoms. The van der Waals surface area contributed by atoms with E-state index >= 15 is 0 Å². The molecule has 1 aromatic rings. The van der Waals surface area contributed by atoms with Gasteiger partial charge in [0.15, 0.2) is 5.78 Å². The van der Waals surface area contributed by atoms with E-state index in [1.165, 1.54) is 0 Å². The lowest BCUT2D eigenvalue weighted by Crippen LogP contribution is -2.54. The third kappa shape index (κ3) is 4.79. The van der Waals surface area contributed by atoms with Gasteiger partial charge in [0, 0.05) is 38.5 Å². The highest BCUT2D eigenvalue weighted by Crippen LogP contribution is 2.31. The first kappa shape index (κ1) is 21.2. The molecule has 0 bridgehead atoms. The largest absolute Gasteiger partial charge is 0.416 e. The minimum absolute atomic E-state index is 0.0273. The van der Waals surface area contributed by atoms with Crippen LogP contribution in [-0.2, 0) is 22.1 Å². The monoisotopic (exact) mass is 424 g/mol. The first-order valence-corrected chi connectivity index (χ1v) is 10.6. The molecule has 1 aromatic carbocycles. The Balaban J connectivity index is 1.26. The van der Waals surface area contributed by atoms with Gasteiger partial charge >= 0.3 is 12.2 Å². The molecule has 0 saturated carbocycles. The number of carbonyl (C=O) groups is 2. The molecular formula is C22H27F3N2O3. The summed E-state index contributed by atoms with van der Waals surface area (Å²) in [5.74, 6) is 0.566. The van der Waals surface area contributed by atoms with Gasteiger partial charge in [-0.15, -0.1) is 0 Å². The normalized spacial score (nSPS) is 25.9. The molecule has 3 aliphatic rings. The predicted molar refractivity (Wildman–Crippen MR) is 104 cm³/mol. The lowest BCUT2D eigenvalue weighted by atomic mass is 9.88. The van der Waals surface area contributed by atoms with E-state index in [0.29, 0.717) is 38.5 Å². The number of nitrogens with zero attached hydrogens (tertiary/aromatic N) is 2. The van der Waals surface area contributed by atoms with Crippen molar-refractivity contribution in [2.45, 2.75) is 44.4 Å². The number of fused-ring (bicyclic) bond motifs is 1. The second-order valence-corrected chi connectivity index (χ2v) is 8.70. The van der Waals surface area contributed by atoms with Crippen LogP contribution in [0.1, 0.15) is 36.8 Å². The van der Waals surface area contributed by atoms with Crippen LogP contribution >= 0.6 is 0 Å². The van der Waals surface area contributed by atoms with Crippen LogP contribution in [0.25, 0.3) is 0 Å². The van der Waals surface area contributed by atoms with Gasteiger partial charge in [-0.05, 0) is 49.3 Å². The predicted octanol–water partition coefficient (Wildman–Crippen LogP) is 3.76. The molecule has 0 spiro atoms. The fourth-order valence-electron chi connectivity index (χ4n) is 4.84. The molecule has 0 unspecified atom stereocenters. The number of halogens is 3. The van der Waals surface area contributed by atoms with Crippen LogP contribution in [0.2, 0.25) is 0 Å². The van der Waals surface area contributed by atoms with Crippen LogP contribution in [0.4, 0.5) is 18.0 Å². The molecule has 2 amide bonds. The number of likely N-dealkylation sites (tertiary alicyclic amines) is 2. The summed E-state index contributed by atoms with van der Waals surface area (Å²) in [6, 6.07) is 5.41. The molecule has 3 aliphatic heterocycles. The number of piperidine rings is 2. The summed E-state index contributed by atoms with van der Waals surface area (Å²) in [6.45, 7) is 2.73. The first-order valence-electron chi connectivity index (χ1n) is 10.6. The van der Waals surface area contributed by atoms with Crippen molar-refractivity contribution >= 4 is 11.8 Å². The summed E-state index contributed by atoms with van der Waals surface area (Å²) in [6.07, 6.45) is -0.551. The van der Waals surface area contributed by atoms with Crippen molar-refractivity contribution in [2.24, 2.45) is 11.8 Å². The van der Waals surface area contributed by atoms with Gasteiger partial charge < -0.3 is 14.5 Å². The summed E-state index contributed by atoms with van der Waals surface area (Å²) < 4.78 is 43.7. The molecule has 0 radical (unpaired) electrons. The fraction of sp³-hybridized carbons (Fsp3) is 0.636. The molecule has 0 N–H and O–H groups in total. The summed E-state index contributed by atoms with van der Waals surface area (Å²) >= 11 is 0. The Bertz CT molecular complexity index is 773. The second kappa shape index (κ2) is 8.57. The summed E-state index contributed by atoms with van der Waals surface area (Å²) in [5, 5.41) is 0. The van der Waals surface area contributed by atoms with Crippen molar-refractivity contribution in [3.8, 4) is 0 Å². The summed E-state index contributed by atoms with van der Waals surface area (Å²) in [7, 11) is 0. The third-order valence-electron chi connectivity index (χ3n) is 6.57. The minimum Gasteiger partial charge on any atom is -0.370 e. The molecule has 164 valence electrons. The summed E-state index contributed by atoms with van der Waals surface area (Å²) in [5.41, 5.74) is 0.275. The Morgan fingerprint density at radius 2 is 1.70 bits per heavy atom. The van der Waals surface area contributed by atoms with E-state index < -0.39 is 11.7 Å². The molecule has 3 saturated heterocycles. The molecule has 3 fully saturated rings. The molecular weight excluding hydrogens is 397 g/mol.